The number of aliphatic hydroxyl groups excluding tert-OH is 1. The van der Waals surface area contributed by atoms with Gasteiger partial charge in [0, 0.05) is 11.1 Å². The Balaban J connectivity index is 2.38. The highest BCUT2D eigenvalue weighted by Gasteiger charge is 2.19. The number of pyridine rings is 1. The minimum Gasteiger partial charge on any atom is -0.388 e. The quantitative estimate of drug-likeness (QED) is 0.869. The van der Waals surface area contributed by atoms with E-state index in [1.165, 1.54) is 0 Å². The minimum absolute atomic E-state index is 0.143. The zero-order valence-electron chi connectivity index (χ0n) is 11.5. The van der Waals surface area contributed by atoms with Gasteiger partial charge >= 0.3 is 0 Å². The van der Waals surface area contributed by atoms with E-state index in [1.807, 2.05) is 51.1 Å². The van der Waals surface area contributed by atoms with Crippen LogP contribution < -0.4 is 5.56 Å². The molecule has 0 amide bonds. The number of benzene rings is 1. The Bertz CT molecular complexity index is 662. The molecular weight excluding hydrogens is 238 g/mol. The summed E-state index contributed by atoms with van der Waals surface area (Å²) in [5.41, 5.74) is 0.999. The van der Waals surface area contributed by atoms with Gasteiger partial charge < -0.3 is 10.1 Å². The van der Waals surface area contributed by atoms with Crippen molar-refractivity contribution in [3.63, 3.8) is 0 Å². The van der Waals surface area contributed by atoms with Crippen LogP contribution in [0.5, 0.6) is 0 Å². The lowest BCUT2D eigenvalue weighted by molar-refractivity contribution is 0.106. The molecule has 19 heavy (non-hydrogen) atoms. The highest BCUT2D eigenvalue weighted by molar-refractivity contribution is 5.80. The number of aliphatic hydroxyl groups is 1. The standard InChI is InChI=1S/C16H19NO2/c1-16(2,3)14(18)9-8-12-10-11-6-4-5-7-13(11)17-15(12)19/h4-10,14,18H,1-3H3,(H,17,19)/b9-8+. The maximum Gasteiger partial charge on any atom is 0.255 e. The average Bonchev–Trinajstić information content (AvgIpc) is 2.34. The van der Waals surface area contributed by atoms with Gasteiger partial charge in [0.25, 0.3) is 5.56 Å². The van der Waals surface area contributed by atoms with Crippen LogP contribution in [0.1, 0.15) is 26.3 Å². The summed E-state index contributed by atoms with van der Waals surface area (Å²) in [5, 5.41) is 10.9. The Morgan fingerprint density at radius 1 is 1.26 bits per heavy atom. The van der Waals surface area contributed by atoms with Gasteiger partial charge in [0.15, 0.2) is 0 Å². The number of hydrogen-bond acceptors (Lipinski definition) is 2. The fourth-order valence-electron chi connectivity index (χ4n) is 1.77. The summed E-state index contributed by atoms with van der Waals surface area (Å²) in [7, 11) is 0. The Labute approximate surface area is 112 Å². The molecule has 3 heteroatoms. The van der Waals surface area contributed by atoms with E-state index in [0.29, 0.717) is 5.56 Å². The number of aromatic amines is 1. The number of hydrogen-bond donors (Lipinski definition) is 2. The third-order valence-corrected chi connectivity index (χ3v) is 3.13. The van der Waals surface area contributed by atoms with Crippen molar-refractivity contribution < 1.29 is 5.11 Å². The molecule has 0 spiro atoms. The van der Waals surface area contributed by atoms with Gasteiger partial charge in [-0.1, -0.05) is 51.1 Å². The van der Waals surface area contributed by atoms with Crippen LogP contribution in [0.4, 0.5) is 0 Å². The predicted octanol–water partition coefficient (Wildman–Crippen LogP) is 2.95. The summed E-state index contributed by atoms with van der Waals surface area (Å²) < 4.78 is 0. The molecule has 1 aromatic heterocycles. The minimum atomic E-state index is -0.585. The zero-order valence-corrected chi connectivity index (χ0v) is 11.5. The van der Waals surface area contributed by atoms with E-state index in [1.54, 1.807) is 12.2 Å². The first-order valence-corrected chi connectivity index (χ1v) is 6.36. The number of fused-ring (bicyclic) bond motifs is 1. The number of rotatable bonds is 2. The van der Waals surface area contributed by atoms with E-state index in [-0.39, 0.29) is 11.0 Å². The molecule has 2 aromatic rings. The second-order valence-electron chi connectivity index (χ2n) is 5.81. The highest BCUT2D eigenvalue weighted by Crippen LogP contribution is 2.20. The van der Waals surface area contributed by atoms with Crippen molar-refractivity contribution in [1.82, 2.24) is 4.98 Å². The van der Waals surface area contributed by atoms with E-state index >= 15 is 0 Å². The van der Waals surface area contributed by atoms with Crippen molar-refractivity contribution in [1.29, 1.82) is 0 Å². The molecule has 2 N–H and O–H groups in total. The molecule has 0 aliphatic carbocycles. The Hall–Kier alpha value is -1.87. The highest BCUT2D eigenvalue weighted by atomic mass is 16.3. The summed E-state index contributed by atoms with van der Waals surface area (Å²) in [4.78, 5) is 14.7. The smallest absolute Gasteiger partial charge is 0.255 e. The molecule has 0 saturated heterocycles. The van der Waals surface area contributed by atoms with Gasteiger partial charge in [-0.25, -0.2) is 0 Å². The molecule has 1 atom stereocenters. The second-order valence-corrected chi connectivity index (χ2v) is 5.81. The van der Waals surface area contributed by atoms with Gasteiger partial charge in [-0.15, -0.1) is 0 Å². The Morgan fingerprint density at radius 2 is 1.95 bits per heavy atom. The zero-order chi connectivity index (χ0) is 14.0. The molecule has 3 nitrogen and oxygen atoms in total. The Kier molecular flexibility index (Phi) is 3.58. The van der Waals surface area contributed by atoms with Gasteiger partial charge in [-0.3, -0.25) is 4.79 Å². The molecule has 1 unspecified atom stereocenters. The van der Waals surface area contributed by atoms with Gasteiger partial charge in [-0.2, -0.15) is 0 Å². The second kappa shape index (κ2) is 5.02. The van der Waals surface area contributed by atoms with Crippen LogP contribution in [0.3, 0.4) is 0 Å². The van der Waals surface area contributed by atoms with Crippen molar-refractivity contribution in [2.24, 2.45) is 5.41 Å². The molecule has 0 fully saturated rings. The van der Waals surface area contributed by atoms with Crippen LogP contribution in [-0.4, -0.2) is 16.2 Å². The molecule has 0 radical (unpaired) electrons. The fraction of sp³-hybridized carbons (Fsp3) is 0.312. The first-order chi connectivity index (χ1) is 8.88. The molecule has 0 aliphatic heterocycles. The van der Waals surface area contributed by atoms with Gasteiger partial charge in [0.05, 0.1) is 6.10 Å². The van der Waals surface area contributed by atoms with Crippen molar-refractivity contribution in [2.75, 3.05) is 0 Å². The average molecular weight is 257 g/mol. The summed E-state index contributed by atoms with van der Waals surface area (Å²) in [5.74, 6) is 0. The molecule has 0 aliphatic rings. The lowest BCUT2D eigenvalue weighted by Gasteiger charge is -2.22. The monoisotopic (exact) mass is 257 g/mol. The summed E-state index contributed by atoms with van der Waals surface area (Å²) in [6, 6.07) is 9.46. The van der Waals surface area contributed by atoms with Gasteiger partial charge in [0.2, 0.25) is 0 Å². The molecular formula is C16H19NO2. The molecule has 2 rings (SSSR count). The van der Waals surface area contributed by atoms with Crippen LogP contribution in [0.2, 0.25) is 0 Å². The van der Waals surface area contributed by atoms with Crippen molar-refractivity contribution in [3.8, 4) is 0 Å². The maximum absolute atomic E-state index is 11.9. The van der Waals surface area contributed by atoms with Crippen LogP contribution in [0.15, 0.2) is 41.2 Å². The van der Waals surface area contributed by atoms with E-state index in [2.05, 4.69) is 4.98 Å². The number of aromatic nitrogens is 1. The third-order valence-electron chi connectivity index (χ3n) is 3.13. The topological polar surface area (TPSA) is 53.1 Å². The van der Waals surface area contributed by atoms with Crippen molar-refractivity contribution in [2.45, 2.75) is 26.9 Å². The number of para-hydroxylation sites is 1. The first kappa shape index (κ1) is 13.6. The summed E-state index contributed by atoms with van der Waals surface area (Å²) in [6.45, 7) is 5.85. The van der Waals surface area contributed by atoms with E-state index in [0.717, 1.165) is 10.9 Å². The lowest BCUT2D eigenvalue weighted by Crippen LogP contribution is -2.23. The van der Waals surface area contributed by atoms with Crippen molar-refractivity contribution >= 4 is 17.0 Å². The molecule has 1 heterocycles. The fourth-order valence-corrected chi connectivity index (χ4v) is 1.77. The molecule has 1 aromatic carbocycles. The van der Waals surface area contributed by atoms with Crippen LogP contribution in [-0.2, 0) is 0 Å². The lowest BCUT2D eigenvalue weighted by atomic mass is 9.89. The first-order valence-electron chi connectivity index (χ1n) is 6.36. The Morgan fingerprint density at radius 3 is 2.63 bits per heavy atom. The molecule has 100 valence electrons. The van der Waals surface area contributed by atoms with E-state index < -0.39 is 6.10 Å². The molecule has 0 bridgehead atoms. The SMILES string of the molecule is CC(C)(C)C(O)/C=C/c1cc2ccccc2[nH]c1=O. The van der Waals surface area contributed by atoms with Crippen LogP contribution in [0.25, 0.3) is 17.0 Å². The van der Waals surface area contributed by atoms with Crippen LogP contribution >= 0.6 is 0 Å². The van der Waals surface area contributed by atoms with Gasteiger partial charge in [0.1, 0.15) is 0 Å². The van der Waals surface area contributed by atoms with E-state index in [9.17, 15) is 9.90 Å². The summed E-state index contributed by atoms with van der Waals surface area (Å²) >= 11 is 0. The third kappa shape index (κ3) is 3.12. The molecule has 0 saturated carbocycles. The maximum atomic E-state index is 11.9. The van der Waals surface area contributed by atoms with Crippen molar-refractivity contribution in [3.05, 3.63) is 52.3 Å². The van der Waals surface area contributed by atoms with Gasteiger partial charge in [-0.05, 0) is 22.9 Å². The summed E-state index contributed by atoms with van der Waals surface area (Å²) in [6.07, 6.45) is 2.76. The van der Waals surface area contributed by atoms with E-state index in [4.69, 9.17) is 0 Å². The predicted molar refractivity (Wildman–Crippen MR) is 79.1 cm³/mol. The number of nitrogens with one attached hydrogen (secondary N) is 1. The number of H-pyrrole nitrogens is 1. The largest absolute Gasteiger partial charge is 0.388 e. The normalized spacial score (nSPS) is 14.1. The van der Waals surface area contributed by atoms with Crippen LogP contribution in [0, 0.1) is 5.41 Å².